The van der Waals surface area contributed by atoms with Crippen LogP contribution in [0.1, 0.15) is 19.4 Å². The van der Waals surface area contributed by atoms with E-state index in [1.54, 1.807) is 21.5 Å². The van der Waals surface area contributed by atoms with Crippen molar-refractivity contribution in [1.29, 1.82) is 0 Å². The number of benzene rings is 1. The van der Waals surface area contributed by atoms with Crippen LogP contribution in [0.2, 0.25) is 0 Å². The number of rotatable bonds is 8. The van der Waals surface area contributed by atoms with Crippen LogP contribution in [-0.2, 0) is 27.2 Å². The van der Waals surface area contributed by atoms with Crippen molar-refractivity contribution in [1.82, 2.24) is 28.5 Å². The first-order chi connectivity index (χ1) is 15.8. The third-order valence-electron chi connectivity index (χ3n) is 5.46. The van der Waals surface area contributed by atoms with Crippen LogP contribution in [0.3, 0.4) is 0 Å². The maximum atomic E-state index is 13.3. The predicted octanol–water partition coefficient (Wildman–Crippen LogP) is 2.57. The molecule has 0 aliphatic rings. The van der Waals surface area contributed by atoms with Crippen molar-refractivity contribution in [3.63, 3.8) is 0 Å². The molecule has 0 fully saturated rings. The van der Waals surface area contributed by atoms with E-state index >= 15 is 0 Å². The summed E-state index contributed by atoms with van der Waals surface area (Å²) in [5, 5.41) is 5.15. The van der Waals surface area contributed by atoms with Gasteiger partial charge < -0.3 is 9.30 Å². The number of hydrogen-bond acceptors (Lipinski definition) is 5. The van der Waals surface area contributed by atoms with E-state index in [0.717, 1.165) is 10.1 Å². The first kappa shape index (κ1) is 22.3. The fraction of sp³-hybridized carbons (Fsp3) is 0.333. The first-order valence-electron chi connectivity index (χ1n) is 10.8. The summed E-state index contributed by atoms with van der Waals surface area (Å²) in [7, 11) is 3.36. The first-order valence-corrected chi connectivity index (χ1v) is 10.8. The van der Waals surface area contributed by atoms with Gasteiger partial charge in [-0.1, -0.05) is 44.7 Å². The normalized spacial score (nSPS) is 11.4. The van der Waals surface area contributed by atoms with Crippen molar-refractivity contribution in [2.75, 3.05) is 6.61 Å². The second kappa shape index (κ2) is 8.93. The van der Waals surface area contributed by atoms with Gasteiger partial charge in [0.25, 0.3) is 5.56 Å². The van der Waals surface area contributed by atoms with Gasteiger partial charge in [-0.05, 0) is 12.0 Å². The molecule has 0 N–H and O–H groups in total. The molecule has 0 radical (unpaired) electrons. The summed E-state index contributed by atoms with van der Waals surface area (Å²) in [6.07, 6.45) is 5.18. The highest BCUT2D eigenvalue weighted by Crippen LogP contribution is 2.27. The lowest BCUT2D eigenvalue weighted by Crippen LogP contribution is -2.38. The zero-order valence-electron chi connectivity index (χ0n) is 19.4. The Hall–Kier alpha value is -3.88. The topological polar surface area (TPSA) is 88.9 Å². The molecule has 9 heteroatoms. The molecule has 4 rings (SSSR count). The average molecular weight is 449 g/mol. The molecule has 0 atom stereocenters. The molecule has 0 saturated heterocycles. The van der Waals surface area contributed by atoms with E-state index in [4.69, 9.17) is 9.84 Å². The molecule has 1 aromatic carbocycles. The number of hydrogen-bond donors (Lipinski definition) is 0. The summed E-state index contributed by atoms with van der Waals surface area (Å²) >= 11 is 0. The number of imidazole rings is 1. The average Bonchev–Trinajstić information content (AvgIpc) is 3.37. The van der Waals surface area contributed by atoms with E-state index in [0.29, 0.717) is 48.0 Å². The van der Waals surface area contributed by atoms with Gasteiger partial charge in [-0.15, -0.1) is 0 Å². The Morgan fingerprint density at radius 2 is 1.94 bits per heavy atom. The van der Waals surface area contributed by atoms with Crippen molar-refractivity contribution in [2.45, 2.75) is 26.9 Å². The maximum absolute atomic E-state index is 13.3. The Bertz CT molecular complexity index is 1440. The molecule has 0 bridgehead atoms. The Labute approximate surface area is 191 Å². The summed E-state index contributed by atoms with van der Waals surface area (Å²) in [5.41, 5.74) is 1.04. The number of aryl methyl sites for hydroxylation is 1. The minimum absolute atomic E-state index is 0.193. The van der Waals surface area contributed by atoms with Gasteiger partial charge in [0.15, 0.2) is 11.5 Å². The lowest BCUT2D eigenvalue weighted by Gasteiger charge is -2.12. The molecule has 4 aromatic rings. The Balaban J connectivity index is 2.02. The van der Waals surface area contributed by atoms with E-state index in [9.17, 15) is 9.59 Å². The van der Waals surface area contributed by atoms with Crippen molar-refractivity contribution < 1.29 is 4.74 Å². The molecule has 3 heterocycles. The van der Waals surface area contributed by atoms with Crippen LogP contribution in [0.4, 0.5) is 0 Å². The molecule has 0 unspecified atom stereocenters. The summed E-state index contributed by atoms with van der Waals surface area (Å²) in [6.45, 7) is 8.91. The van der Waals surface area contributed by atoms with E-state index in [2.05, 4.69) is 11.6 Å². The van der Waals surface area contributed by atoms with Crippen molar-refractivity contribution in [2.24, 2.45) is 20.0 Å². The van der Waals surface area contributed by atoms with Gasteiger partial charge >= 0.3 is 5.69 Å². The SMILES string of the molecule is C=CCOc1ccccc1Cn1nc2c(c1-c1nccn1C)c(=O)n(C)c(=O)n2CC(C)C. The number of ether oxygens (including phenoxy) is 1. The molecule has 3 aromatic heterocycles. The number of nitrogens with zero attached hydrogens (tertiary/aromatic N) is 6. The molecule has 0 saturated carbocycles. The summed E-state index contributed by atoms with van der Waals surface area (Å²) in [5.74, 6) is 1.49. The monoisotopic (exact) mass is 448 g/mol. The highest BCUT2D eigenvalue weighted by molar-refractivity contribution is 5.89. The van der Waals surface area contributed by atoms with Crippen LogP contribution in [0.25, 0.3) is 22.6 Å². The van der Waals surface area contributed by atoms with E-state index < -0.39 is 5.56 Å². The Morgan fingerprint density at radius 1 is 1.18 bits per heavy atom. The van der Waals surface area contributed by atoms with E-state index in [-0.39, 0.29) is 11.6 Å². The zero-order chi connectivity index (χ0) is 23.7. The molecule has 0 amide bonds. The Morgan fingerprint density at radius 3 is 2.61 bits per heavy atom. The molecule has 0 spiro atoms. The van der Waals surface area contributed by atoms with Gasteiger partial charge in [-0.2, -0.15) is 5.10 Å². The second-order valence-electron chi connectivity index (χ2n) is 8.43. The molecule has 33 heavy (non-hydrogen) atoms. The molecule has 172 valence electrons. The molecule has 0 aliphatic carbocycles. The van der Waals surface area contributed by atoms with Crippen LogP contribution in [0, 0.1) is 5.92 Å². The van der Waals surface area contributed by atoms with Crippen LogP contribution in [-0.4, -0.2) is 35.1 Å². The zero-order valence-corrected chi connectivity index (χ0v) is 19.4. The summed E-state index contributed by atoms with van der Waals surface area (Å²) in [6, 6.07) is 7.66. The second-order valence-corrected chi connectivity index (χ2v) is 8.43. The van der Waals surface area contributed by atoms with Gasteiger partial charge in [0.2, 0.25) is 0 Å². The van der Waals surface area contributed by atoms with Crippen LogP contribution in [0.15, 0.2) is 58.9 Å². The highest BCUT2D eigenvalue weighted by Gasteiger charge is 2.25. The fourth-order valence-corrected chi connectivity index (χ4v) is 3.91. The van der Waals surface area contributed by atoms with Crippen molar-refractivity contribution >= 4 is 11.0 Å². The largest absolute Gasteiger partial charge is 0.489 e. The Kier molecular flexibility index (Phi) is 6.04. The van der Waals surface area contributed by atoms with E-state index in [1.165, 1.54) is 7.05 Å². The third-order valence-corrected chi connectivity index (χ3v) is 5.46. The smallest absolute Gasteiger partial charge is 0.332 e. The van der Waals surface area contributed by atoms with Gasteiger partial charge in [0, 0.05) is 38.6 Å². The minimum atomic E-state index is -0.393. The van der Waals surface area contributed by atoms with Gasteiger partial charge in [0.05, 0.1) is 6.54 Å². The van der Waals surface area contributed by atoms with Crippen LogP contribution < -0.4 is 16.0 Å². The third kappa shape index (κ3) is 4.02. The van der Waals surface area contributed by atoms with Gasteiger partial charge in [-0.3, -0.25) is 18.6 Å². The van der Waals surface area contributed by atoms with Crippen molar-refractivity contribution in [3.05, 3.63) is 75.7 Å². The minimum Gasteiger partial charge on any atom is -0.489 e. The van der Waals surface area contributed by atoms with Crippen molar-refractivity contribution in [3.8, 4) is 17.3 Å². The lowest BCUT2D eigenvalue weighted by molar-refractivity contribution is 0.357. The molecule has 9 nitrogen and oxygen atoms in total. The summed E-state index contributed by atoms with van der Waals surface area (Å²) < 4.78 is 12.1. The number of aromatic nitrogens is 6. The quantitative estimate of drug-likeness (QED) is 0.387. The maximum Gasteiger partial charge on any atom is 0.332 e. The van der Waals surface area contributed by atoms with Crippen LogP contribution in [0.5, 0.6) is 5.75 Å². The number of fused-ring (bicyclic) bond motifs is 1. The highest BCUT2D eigenvalue weighted by atomic mass is 16.5. The predicted molar refractivity (Wildman–Crippen MR) is 128 cm³/mol. The molecule has 0 aliphatic heterocycles. The van der Waals surface area contributed by atoms with Gasteiger partial charge in [0.1, 0.15) is 23.4 Å². The lowest BCUT2D eigenvalue weighted by atomic mass is 10.2. The summed E-state index contributed by atoms with van der Waals surface area (Å²) in [4.78, 5) is 30.8. The fourth-order valence-electron chi connectivity index (χ4n) is 3.91. The number of para-hydroxylation sites is 1. The van der Waals surface area contributed by atoms with Gasteiger partial charge in [-0.25, -0.2) is 9.78 Å². The van der Waals surface area contributed by atoms with E-state index in [1.807, 2.05) is 55.9 Å². The molecular formula is C24H28N6O3. The van der Waals surface area contributed by atoms with Crippen LogP contribution >= 0.6 is 0 Å². The standard InChI is InChI=1S/C24H28N6O3/c1-6-13-33-18-10-8-7-9-17(18)15-30-20(22-25-11-12-27(22)4)19-21(26-30)29(14-16(2)3)24(32)28(5)23(19)31/h6-12,16H,1,13-15H2,2-5H3. The molecular weight excluding hydrogens is 420 g/mol.